The average Bonchev–Trinajstić information content (AvgIpc) is 1.61. The molecular weight excluding hydrogens is 1470 g/mol. The van der Waals surface area contributed by atoms with E-state index < -0.39 is 0 Å². The molecule has 0 spiro atoms. The Balaban J connectivity index is 0.000000160. The summed E-state index contributed by atoms with van der Waals surface area (Å²) in [5.41, 5.74) is 15.7. The van der Waals surface area contributed by atoms with Crippen molar-refractivity contribution < 1.29 is 33.8 Å². The van der Waals surface area contributed by atoms with Gasteiger partial charge in [0, 0.05) is 56.7 Å². The molecule has 103 heavy (non-hydrogen) atoms. The van der Waals surface area contributed by atoms with Crippen molar-refractivity contribution in [2.45, 2.75) is 97.6 Å². The first-order valence-corrected chi connectivity index (χ1v) is 36.8. The highest BCUT2D eigenvalue weighted by atomic mass is 79.9. The number of aromatic amines is 3. The van der Waals surface area contributed by atoms with Gasteiger partial charge in [0.05, 0.1) is 35.5 Å². The van der Waals surface area contributed by atoms with E-state index in [1.807, 2.05) is 75.6 Å². The van der Waals surface area contributed by atoms with Gasteiger partial charge >= 0.3 is 0 Å². The number of phenols is 1. The van der Waals surface area contributed by atoms with Crippen molar-refractivity contribution >= 4 is 110 Å². The Kier molecular flexibility index (Phi) is 28.0. The van der Waals surface area contributed by atoms with E-state index in [2.05, 4.69) is 112 Å². The Morgan fingerprint density at radius 3 is 1.42 bits per heavy atom. The van der Waals surface area contributed by atoms with Gasteiger partial charge in [0.2, 0.25) is 4.77 Å². The minimum absolute atomic E-state index is 0.108. The zero-order valence-electron chi connectivity index (χ0n) is 58.7. The lowest BCUT2D eigenvalue weighted by atomic mass is 9.86. The lowest BCUT2D eigenvalue weighted by Crippen LogP contribution is -2.31. The average molecular weight is 1550 g/mol. The molecule has 0 aliphatic carbocycles. The van der Waals surface area contributed by atoms with Crippen LogP contribution in [0.1, 0.15) is 130 Å². The second-order valence-electron chi connectivity index (χ2n) is 25.8. The summed E-state index contributed by atoms with van der Waals surface area (Å²) in [6.45, 7) is 21.4. The van der Waals surface area contributed by atoms with Crippen LogP contribution in [0.15, 0.2) is 179 Å². The number of fused-ring (bicyclic) bond motifs is 4. The van der Waals surface area contributed by atoms with Gasteiger partial charge in [0.1, 0.15) is 28.7 Å². The number of H-pyrrole nitrogens is 3. The number of aryl methyl sites for hydroxylation is 3. The number of nitrogens with zero attached hydrogens (tertiary/aromatic N) is 7. The smallest absolute Gasteiger partial charge is 0.266 e. The maximum atomic E-state index is 12.2. The second kappa shape index (κ2) is 36.3. The van der Waals surface area contributed by atoms with Crippen molar-refractivity contribution in [2.24, 2.45) is 5.73 Å². The fourth-order valence-corrected chi connectivity index (χ4v) is 11.6. The quantitative estimate of drug-likeness (QED) is 0.0210. The zero-order chi connectivity index (χ0) is 74.9. The van der Waals surface area contributed by atoms with Crippen molar-refractivity contribution in [2.75, 3.05) is 44.4 Å². The van der Waals surface area contributed by atoms with Crippen LogP contribution < -0.4 is 26.3 Å². The number of phenolic OH excluding ortho intramolecular Hbond substituents is 1. The van der Waals surface area contributed by atoms with E-state index in [1.54, 1.807) is 83.4 Å². The van der Waals surface area contributed by atoms with Gasteiger partial charge in [0.25, 0.3) is 34.7 Å². The van der Waals surface area contributed by atoms with Crippen LogP contribution in [0.5, 0.6) is 17.2 Å². The summed E-state index contributed by atoms with van der Waals surface area (Å²) < 4.78 is 14.5. The third-order valence-corrected chi connectivity index (χ3v) is 18.7. The molecule has 0 unspecified atom stereocenters. The monoisotopic (exact) mass is 1550 g/mol. The lowest BCUT2D eigenvalue weighted by Gasteiger charge is -2.19. The van der Waals surface area contributed by atoms with E-state index in [4.69, 9.17) is 67.3 Å². The molecule has 2 aliphatic heterocycles. The number of carbonyl (C=O) groups excluding carboxylic acids is 4. The number of amides is 4. The van der Waals surface area contributed by atoms with Gasteiger partial charge in [-0.15, -0.1) is 0 Å². The minimum Gasteiger partial charge on any atom is -0.508 e. The molecule has 7 aromatic carbocycles. The highest BCUT2D eigenvalue weighted by molar-refractivity contribution is 9.09. The molecule has 4 aromatic heterocycles. The zero-order valence-corrected chi connectivity index (χ0v) is 64.2. The standard InChI is InChI=1S/C18H16ClNO3.C16H18N4OS.C15H16N4OS.C11H10BrNO2.C10H14ClNO.C7H7ClO/c1-12-11-13(7-8-16(12)19)23-10-4-9-20-17(21)14-5-2-3-6-15(14)18(20)22;1-16(2,3)11-7-5-10(6-8-11)14-17-12-9-13(21)19-20(12)15(18-14)22-4;1-15(2,3)10-6-4-9(5-7-10)13-16-11-8-12(20)18-19(11)14(21)17-13;12-6-3-7-13-10(14)8-4-1-2-5-9(8)11(13)15;1-8-7-9(3-4-10(8)11)13-6-2-5-12;1-5-4-6(9)2-3-7(5)8/h2-3,5-8,11H,4,9-10H2,1H3;5-9H,1-4H3,(H,19,21);4-8H,1-3H3,(H,18,20)(H,16,17,21);1-2,4-5H,3,6-7H2;3-4,7H,2,5-6,12H2,1H3;2-4,9H,1H3. The Bertz CT molecular complexity index is 4940. The largest absolute Gasteiger partial charge is 0.508 e. The first-order chi connectivity index (χ1) is 49.0. The number of thioether (sulfide) groups is 1. The van der Waals surface area contributed by atoms with E-state index in [0.29, 0.717) is 104 Å². The predicted octanol–water partition coefficient (Wildman–Crippen LogP) is 16.7. The third-order valence-electron chi connectivity index (χ3n) is 16.0. The van der Waals surface area contributed by atoms with Crippen molar-refractivity contribution in [3.05, 3.63) is 254 Å². The number of nitrogens with one attached hydrogen (secondary N) is 3. The molecule has 538 valence electrons. The topological polar surface area (TPSA) is 268 Å². The molecule has 6 heterocycles. The minimum atomic E-state index is -0.229. The van der Waals surface area contributed by atoms with Crippen LogP contribution in [0.25, 0.3) is 34.1 Å². The summed E-state index contributed by atoms with van der Waals surface area (Å²) in [4.78, 5) is 89.9. The van der Waals surface area contributed by atoms with Crippen molar-refractivity contribution in [3.8, 4) is 40.0 Å². The number of rotatable bonds is 15. The summed E-state index contributed by atoms with van der Waals surface area (Å²) >= 11 is 27.5. The normalized spacial score (nSPS) is 12.2. The number of alkyl halides is 1. The van der Waals surface area contributed by atoms with E-state index in [0.717, 1.165) is 62.5 Å². The van der Waals surface area contributed by atoms with Gasteiger partial charge in [0.15, 0.2) is 16.6 Å². The summed E-state index contributed by atoms with van der Waals surface area (Å²) in [5.74, 6) is 2.33. The van der Waals surface area contributed by atoms with Crippen LogP contribution in [-0.2, 0) is 10.8 Å². The Morgan fingerprint density at radius 2 is 0.981 bits per heavy atom. The number of hydrogen-bond donors (Lipinski definition) is 5. The molecular formula is C77H81BrCl3N11O9S2. The number of benzene rings is 7. The number of aromatic hydroxyl groups is 1. The van der Waals surface area contributed by atoms with Gasteiger partial charge < -0.3 is 25.3 Å². The van der Waals surface area contributed by atoms with E-state index >= 15 is 0 Å². The van der Waals surface area contributed by atoms with Crippen molar-refractivity contribution in [3.63, 3.8) is 0 Å². The molecule has 0 atom stereocenters. The van der Waals surface area contributed by atoms with E-state index in [1.165, 1.54) is 49.3 Å². The SMILES string of the molecule is CC(C)(C)c1ccc(-c2nc(=S)n3[nH]c(=O)cc3[nH]2)cc1.CSc1nc(-c2ccc(C(C)(C)C)cc2)nc2cc(=O)[nH]n12.Cc1cc(O)ccc1Cl.Cc1cc(OCCCN)ccc1Cl.Cc1cc(OCCCN2C(=O)c3ccccc3C2=O)ccc1Cl.O=C1c2ccccc2C(=O)N1CCCBr. The number of ether oxygens (including phenoxy) is 2. The molecule has 0 fully saturated rings. The molecule has 4 amide bonds. The number of imide groups is 2. The molecule has 0 saturated carbocycles. The second-order valence-corrected chi connectivity index (χ2v) is 29.0. The molecule has 0 radical (unpaired) electrons. The van der Waals surface area contributed by atoms with Crippen molar-refractivity contribution in [1.29, 1.82) is 0 Å². The van der Waals surface area contributed by atoms with Gasteiger partial charge in [-0.25, -0.2) is 24.0 Å². The molecule has 20 nitrogen and oxygen atoms in total. The Hall–Kier alpha value is -9.20. The Labute approximate surface area is 630 Å². The molecule has 6 N–H and O–H groups in total. The first kappa shape index (κ1) is 79.5. The molecule has 26 heteroatoms. The summed E-state index contributed by atoms with van der Waals surface area (Å²) in [6.07, 6.45) is 4.16. The van der Waals surface area contributed by atoms with Crippen molar-refractivity contribution in [1.82, 2.24) is 49.0 Å². The van der Waals surface area contributed by atoms with E-state index in [9.17, 15) is 28.8 Å². The first-order valence-electron chi connectivity index (χ1n) is 32.9. The number of aromatic nitrogens is 8. The fourth-order valence-electron chi connectivity index (χ4n) is 10.3. The number of carbonyl (C=O) groups is 4. The maximum Gasteiger partial charge on any atom is 0.266 e. The molecule has 0 saturated heterocycles. The number of nitrogens with two attached hydrogens (primary N) is 1. The van der Waals surface area contributed by atoms with Crippen LogP contribution in [0, 0.1) is 25.5 Å². The van der Waals surface area contributed by atoms with Crippen LogP contribution >= 0.6 is 74.7 Å². The highest BCUT2D eigenvalue weighted by Gasteiger charge is 2.35. The Morgan fingerprint density at radius 1 is 0.544 bits per heavy atom. The van der Waals surface area contributed by atoms with E-state index in [-0.39, 0.29) is 51.3 Å². The van der Waals surface area contributed by atoms with Gasteiger partial charge in [-0.3, -0.25) is 48.8 Å². The van der Waals surface area contributed by atoms with Crippen LogP contribution in [0.3, 0.4) is 0 Å². The van der Waals surface area contributed by atoms with Gasteiger partial charge in [-0.1, -0.05) is 177 Å². The van der Waals surface area contributed by atoms with Gasteiger partial charge in [-0.2, -0.15) is 0 Å². The molecule has 11 aromatic rings. The lowest BCUT2D eigenvalue weighted by molar-refractivity contribution is 0.0634. The van der Waals surface area contributed by atoms with Crippen LogP contribution in [0.2, 0.25) is 15.1 Å². The van der Waals surface area contributed by atoms with Crippen LogP contribution in [0.4, 0.5) is 0 Å². The fraction of sp³-hybridized carbons (Fsp3) is 0.273. The summed E-state index contributed by atoms with van der Waals surface area (Å²) in [5, 5.41) is 17.8. The molecule has 2 aliphatic rings. The van der Waals surface area contributed by atoms with Gasteiger partial charge in [-0.05, 0) is 183 Å². The molecule has 0 bridgehead atoms. The predicted molar refractivity (Wildman–Crippen MR) is 416 cm³/mol. The third kappa shape index (κ3) is 21.2. The molecule has 13 rings (SSSR count). The summed E-state index contributed by atoms with van der Waals surface area (Å²) in [6, 6.07) is 49.2. The summed E-state index contributed by atoms with van der Waals surface area (Å²) in [7, 11) is 0. The maximum absolute atomic E-state index is 12.2. The number of hydrogen-bond acceptors (Lipinski definition) is 15. The number of halogens is 4. The van der Waals surface area contributed by atoms with Crippen LogP contribution in [-0.4, -0.2) is 122 Å². The highest BCUT2D eigenvalue weighted by Crippen LogP contribution is 2.30.